The van der Waals surface area contributed by atoms with Crippen LogP contribution in [-0.2, 0) is 17.8 Å². The van der Waals surface area contributed by atoms with Crippen molar-refractivity contribution in [3.8, 4) is 0 Å². The third-order valence-electron chi connectivity index (χ3n) is 4.91. The Morgan fingerprint density at radius 2 is 2.15 bits per heavy atom. The first kappa shape index (κ1) is 18.7. The number of amidine groups is 1. The zero-order valence-electron chi connectivity index (χ0n) is 15.9. The molecule has 142 valence electrons. The normalized spacial score (nSPS) is 20.3. The average Bonchev–Trinajstić information content (AvgIpc) is 3.03. The number of fused-ring (bicyclic) bond motifs is 3. The summed E-state index contributed by atoms with van der Waals surface area (Å²) in [5, 5.41) is 4.64. The first-order valence-corrected chi connectivity index (χ1v) is 11.2. The van der Waals surface area contributed by atoms with Crippen LogP contribution in [0.15, 0.2) is 35.3 Å². The van der Waals surface area contributed by atoms with Gasteiger partial charge in [-0.05, 0) is 19.4 Å². The molecule has 1 unspecified atom stereocenters. The molecule has 0 saturated carbocycles. The van der Waals surface area contributed by atoms with Crippen molar-refractivity contribution in [2.75, 3.05) is 11.1 Å². The van der Waals surface area contributed by atoms with Crippen LogP contribution in [-0.4, -0.2) is 23.0 Å². The number of rotatable bonds is 5. The Hall–Kier alpha value is -1.63. The Morgan fingerprint density at radius 1 is 1.37 bits per heavy atom. The van der Waals surface area contributed by atoms with Crippen molar-refractivity contribution in [3.05, 3.63) is 51.9 Å². The minimum atomic E-state index is -0.161. The van der Waals surface area contributed by atoms with Gasteiger partial charge in [0.1, 0.15) is 16.2 Å². The maximum absolute atomic E-state index is 12.6. The van der Waals surface area contributed by atoms with Gasteiger partial charge in [-0.3, -0.25) is 9.79 Å². The summed E-state index contributed by atoms with van der Waals surface area (Å²) in [5.41, 5.74) is 3.23. The van der Waals surface area contributed by atoms with Gasteiger partial charge in [0, 0.05) is 28.8 Å². The van der Waals surface area contributed by atoms with Gasteiger partial charge in [-0.25, -0.2) is 0 Å². The summed E-state index contributed by atoms with van der Waals surface area (Å²) in [4.78, 5) is 18.8. The number of benzene rings is 1. The van der Waals surface area contributed by atoms with E-state index in [0.29, 0.717) is 12.4 Å². The Balaban J connectivity index is 1.60. The highest BCUT2D eigenvalue weighted by Gasteiger charge is 2.35. The van der Waals surface area contributed by atoms with Crippen molar-refractivity contribution in [1.82, 2.24) is 0 Å². The fourth-order valence-electron chi connectivity index (χ4n) is 3.46. The van der Waals surface area contributed by atoms with Crippen molar-refractivity contribution >= 4 is 39.7 Å². The number of anilines is 1. The lowest BCUT2D eigenvalue weighted by atomic mass is 9.93. The number of thiophene rings is 1. The Labute approximate surface area is 168 Å². The molecule has 2 aromatic rings. The van der Waals surface area contributed by atoms with E-state index in [1.165, 1.54) is 21.0 Å². The predicted molar refractivity (Wildman–Crippen MR) is 114 cm³/mol. The number of Topliss-reactive ketones (excluding diaryl/α,β-unsaturated/α-hetero) is 1. The quantitative estimate of drug-likeness (QED) is 0.678. The van der Waals surface area contributed by atoms with Crippen molar-refractivity contribution in [2.45, 2.75) is 51.2 Å². The molecule has 0 aliphatic carbocycles. The van der Waals surface area contributed by atoms with E-state index in [0.717, 1.165) is 24.2 Å². The highest BCUT2D eigenvalue weighted by atomic mass is 32.2. The maximum Gasteiger partial charge on any atom is 0.172 e. The second-order valence-corrected chi connectivity index (χ2v) is 9.65. The molecule has 1 atom stereocenters. The molecule has 0 saturated heterocycles. The molecular weight excluding hydrogens is 376 g/mol. The van der Waals surface area contributed by atoms with E-state index >= 15 is 0 Å². The molecule has 2 aliphatic heterocycles. The van der Waals surface area contributed by atoms with E-state index in [9.17, 15) is 4.79 Å². The number of hydrogen-bond acceptors (Lipinski definition) is 6. The van der Waals surface area contributed by atoms with Crippen LogP contribution in [0, 0.1) is 0 Å². The zero-order valence-corrected chi connectivity index (χ0v) is 17.5. The summed E-state index contributed by atoms with van der Waals surface area (Å²) < 4.78 is 6.00. The zero-order chi connectivity index (χ0) is 19.0. The van der Waals surface area contributed by atoms with Crippen LogP contribution in [0.3, 0.4) is 0 Å². The van der Waals surface area contributed by atoms with Gasteiger partial charge in [0.15, 0.2) is 5.78 Å². The molecule has 4 nitrogen and oxygen atoms in total. The molecule has 0 spiro atoms. The average molecular weight is 401 g/mol. The minimum absolute atomic E-state index is 0.0298. The molecule has 0 bridgehead atoms. The van der Waals surface area contributed by atoms with Crippen LogP contribution in [0.25, 0.3) is 0 Å². The molecule has 0 fully saturated rings. The van der Waals surface area contributed by atoms with E-state index in [1.807, 2.05) is 30.3 Å². The molecule has 6 heteroatoms. The Morgan fingerprint density at radius 3 is 2.89 bits per heavy atom. The highest BCUT2D eigenvalue weighted by molar-refractivity contribution is 8.00. The number of ketones is 1. The van der Waals surface area contributed by atoms with Crippen molar-refractivity contribution in [3.63, 3.8) is 0 Å². The third kappa shape index (κ3) is 3.84. The smallest absolute Gasteiger partial charge is 0.172 e. The van der Waals surface area contributed by atoms with Gasteiger partial charge >= 0.3 is 0 Å². The Kier molecular flexibility index (Phi) is 5.14. The second-order valence-electron chi connectivity index (χ2n) is 7.48. The molecule has 1 aromatic heterocycles. The van der Waals surface area contributed by atoms with Crippen LogP contribution < -0.4 is 5.32 Å². The van der Waals surface area contributed by atoms with Crippen LogP contribution in [0.2, 0.25) is 0 Å². The lowest BCUT2D eigenvalue weighted by molar-refractivity contribution is -0.0384. The number of carbonyl (C=O) groups excluding carboxylic acids is 1. The predicted octanol–water partition coefficient (Wildman–Crippen LogP) is 5.45. The standard InChI is InChI=1S/C21H24N2O2S2/c1-4-17-22-19(26-12-15(24)13-8-6-5-7-9-13)18-14-10-21(2,3)25-11-16(14)27-20(18)23-17/h5-9,19H,4,10-12H2,1-3H3,(H,22,23). The SMILES string of the molecule is CCC1=NC(SCC(=O)c2ccccc2)c2c(sc3c2CC(C)(C)OC3)N1. The summed E-state index contributed by atoms with van der Waals surface area (Å²) in [5.74, 6) is 1.58. The van der Waals surface area contributed by atoms with Crippen LogP contribution >= 0.6 is 23.1 Å². The largest absolute Gasteiger partial charge is 0.370 e. The third-order valence-corrected chi connectivity index (χ3v) is 7.13. The van der Waals surface area contributed by atoms with Gasteiger partial charge in [0.2, 0.25) is 0 Å². The highest BCUT2D eigenvalue weighted by Crippen LogP contribution is 2.49. The summed E-state index contributed by atoms with van der Waals surface area (Å²) in [6.45, 7) is 7.03. The van der Waals surface area contributed by atoms with Crippen molar-refractivity contribution in [1.29, 1.82) is 0 Å². The van der Waals surface area contributed by atoms with Crippen molar-refractivity contribution < 1.29 is 9.53 Å². The topological polar surface area (TPSA) is 50.7 Å². The molecule has 4 rings (SSSR count). The van der Waals surface area contributed by atoms with Gasteiger partial charge in [-0.1, -0.05) is 37.3 Å². The summed E-state index contributed by atoms with van der Waals surface area (Å²) in [6.07, 6.45) is 1.74. The van der Waals surface area contributed by atoms with E-state index in [1.54, 1.807) is 23.1 Å². The van der Waals surface area contributed by atoms with E-state index in [4.69, 9.17) is 9.73 Å². The number of hydrogen-bond donors (Lipinski definition) is 1. The van der Waals surface area contributed by atoms with Crippen LogP contribution in [0.5, 0.6) is 0 Å². The fourth-order valence-corrected chi connectivity index (χ4v) is 5.82. The molecule has 1 aromatic carbocycles. The van der Waals surface area contributed by atoms with Crippen LogP contribution in [0.1, 0.15) is 58.9 Å². The van der Waals surface area contributed by atoms with Crippen molar-refractivity contribution in [2.24, 2.45) is 4.99 Å². The monoisotopic (exact) mass is 400 g/mol. The molecule has 27 heavy (non-hydrogen) atoms. The van der Waals surface area contributed by atoms with Gasteiger partial charge in [0.05, 0.1) is 18.0 Å². The van der Waals surface area contributed by atoms with Gasteiger partial charge in [0.25, 0.3) is 0 Å². The number of thioether (sulfide) groups is 1. The summed E-state index contributed by atoms with van der Waals surface area (Å²) in [6, 6.07) is 9.51. The molecule has 2 aliphatic rings. The van der Waals surface area contributed by atoms with Gasteiger partial charge in [-0.15, -0.1) is 23.1 Å². The first-order valence-electron chi connectivity index (χ1n) is 9.29. The molecule has 0 radical (unpaired) electrons. The number of carbonyl (C=O) groups is 1. The summed E-state index contributed by atoms with van der Waals surface area (Å²) in [7, 11) is 0. The number of ether oxygens (including phenoxy) is 1. The molecule has 1 N–H and O–H groups in total. The molecule has 0 amide bonds. The number of aliphatic imine (C=N–C) groups is 1. The Bertz CT molecular complexity index is 887. The lowest BCUT2D eigenvalue weighted by Gasteiger charge is -2.31. The number of nitrogens with zero attached hydrogens (tertiary/aromatic N) is 1. The van der Waals surface area contributed by atoms with E-state index < -0.39 is 0 Å². The maximum atomic E-state index is 12.6. The second kappa shape index (κ2) is 7.41. The fraction of sp³-hybridized carbons (Fsp3) is 0.429. The molecular formula is C21H24N2O2S2. The molecule has 3 heterocycles. The lowest BCUT2D eigenvalue weighted by Crippen LogP contribution is -2.31. The first-order chi connectivity index (χ1) is 13.0. The van der Waals surface area contributed by atoms with Gasteiger partial charge < -0.3 is 10.1 Å². The van der Waals surface area contributed by atoms with E-state index in [2.05, 4.69) is 26.1 Å². The minimum Gasteiger partial charge on any atom is -0.370 e. The summed E-state index contributed by atoms with van der Waals surface area (Å²) >= 11 is 3.41. The number of nitrogens with one attached hydrogen (secondary N) is 1. The van der Waals surface area contributed by atoms with E-state index in [-0.39, 0.29) is 16.8 Å². The van der Waals surface area contributed by atoms with Gasteiger partial charge in [-0.2, -0.15) is 0 Å². The van der Waals surface area contributed by atoms with Crippen LogP contribution in [0.4, 0.5) is 5.00 Å².